The fraction of sp³-hybridized carbons (Fsp3) is 0.818. The van der Waals surface area contributed by atoms with Gasteiger partial charge in [-0.2, -0.15) is 0 Å². The second kappa shape index (κ2) is 5.05. The van der Waals surface area contributed by atoms with E-state index in [1.807, 2.05) is 0 Å². The van der Waals surface area contributed by atoms with Crippen LogP contribution in [0.1, 0.15) is 66.2 Å². The molecule has 1 spiro atoms. The van der Waals surface area contributed by atoms with Crippen molar-refractivity contribution in [2.75, 3.05) is 0 Å². The summed E-state index contributed by atoms with van der Waals surface area (Å²) in [6.45, 7) is 13.4. The van der Waals surface area contributed by atoms with Gasteiger partial charge in [0.2, 0.25) is 0 Å². The standard InChI is InChI=1S/C22H32O2/c1-6-14-11-15-16-12(2)7-8-21(4,5)18(16)13(3)19(23)17(15)20(24)22(14)9-10-22/h12,14-18H,3,6-11H2,1-2,4-5H3/t12-,14-,15?,16?,17?,18?/m0/s1. The second-order valence-electron chi connectivity index (χ2n) is 9.95. The fourth-order valence-electron chi connectivity index (χ4n) is 6.96. The molecule has 4 aliphatic carbocycles. The van der Waals surface area contributed by atoms with Gasteiger partial charge in [0.15, 0.2) is 5.78 Å². The largest absolute Gasteiger partial charge is 0.298 e. The Hall–Kier alpha value is -0.920. The molecule has 4 fully saturated rings. The third kappa shape index (κ3) is 1.95. The van der Waals surface area contributed by atoms with E-state index in [-0.39, 0.29) is 34.4 Å². The highest BCUT2D eigenvalue weighted by Gasteiger charge is 2.66. The smallest absolute Gasteiger partial charge is 0.169 e. The summed E-state index contributed by atoms with van der Waals surface area (Å²) in [5, 5.41) is 0. The predicted molar refractivity (Wildman–Crippen MR) is 95.4 cm³/mol. The summed E-state index contributed by atoms with van der Waals surface area (Å²) in [5.41, 5.74) is 0.775. The quantitative estimate of drug-likeness (QED) is 0.510. The van der Waals surface area contributed by atoms with Gasteiger partial charge in [-0.1, -0.05) is 40.7 Å². The van der Waals surface area contributed by atoms with E-state index < -0.39 is 0 Å². The Balaban J connectivity index is 1.79. The van der Waals surface area contributed by atoms with Crippen molar-refractivity contribution in [2.45, 2.75) is 66.2 Å². The maximum atomic E-state index is 13.3. The lowest BCUT2D eigenvalue weighted by Crippen LogP contribution is -2.58. The molecule has 4 unspecified atom stereocenters. The van der Waals surface area contributed by atoms with Crippen LogP contribution in [0.3, 0.4) is 0 Å². The molecule has 2 heteroatoms. The van der Waals surface area contributed by atoms with Gasteiger partial charge >= 0.3 is 0 Å². The predicted octanol–water partition coefficient (Wildman–Crippen LogP) is 4.83. The Bertz CT molecular complexity index is 609. The maximum Gasteiger partial charge on any atom is 0.169 e. The van der Waals surface area contributed by atoms with Gasteiger partial charge < -0.3 is 0 Å². The first-order chi connectivity index (χ1) is 11.2. The molecule has 0 aromatic carbocycles. The summed E-state index contributed by atoms with van der Waals surface area (Å²) >= 11 is 0. The van der Waals surface area contributed by atoms with E-state index in [0.29, 0.717) is 23.5 Å². The molecule has 0 aromatic heterocycles. The van der Waals surface area contributed by atoms with Gasteiger partial charge in [0, 0.05) is 5.41 Å². The molecule has 0 heterocycles. The molecule has 0 N–H and O–H groups in total. The molecule has 0 aliphatic heterocycles. The van der Waals surface area contributed by atoms with Crippen LogP contribution in [-0.2, 0) is 9.59 Å². The zero-order valence-electron chi connectivity index (χ0n) is 15.7. The third-order valence-electron chi connectivity index (χ3n) is 8.42. The highest BCUT2D eigenvalue weighted by atomic mass is 16.2. The van der Waals surface area contributed by atoms with E-state index >= 15 is 0 Å². The van der Waals surface area contributed by atoms with E-state index in [2.05, 4.69) is 34.3 Å². The molecule has 4 aliphatic rings. The average Bonchev–Trinajstić information content (AvgIpc) is 3.32. The number of ketones is 2. The van der Waals surface area contributed by atoms with Crippen molar-refractivity contribution in [3.8, 4) is 0 Å². The first-order valence-corrected chi connectivity index (χ1v) is 10.0. The van der Waals surface area contributed by atoms with Crippen molar-refractivity contribution in [3.05, 3.63) is 12.2 Å². The second-order valence-corrected chi connectivity index (χ2v) is 9.95. The summed E-state index contributed by atoms with van der Waals surface area (Å²) in [4.78, 5) is 26.6. The summed E-state index contributed by atoms with van der Waals surface area (Å²) in [7, 11) is 0. The van der Waals surface area contributed by atoms with E-state index in [0.717, 1.165) is 37.7 Å². The van der Waals surface area contributed by atoms with Crippen molar-refractivity contribution in [1.29, 1.82) is 0 Å². The monoisotopic (exact) mass is 328 g/mol. The minimum atomic E-state index is -0.361. The lowest BCUT2D eigenvalue weighted by molar-refractivity contribution is -0.153. The van der Waals surface area contributed by atoms with Gasteiger partial charge in [0.1, 0.15) is 5.78 Å². The normalized spacial score (nSPS) is 45.8. The lowest BCUT2D eigenvalue weighted by Gasteiger charge is -2.57. The number of carbonyl (C=O) groups is 2. The van der Waals surface area contributed by atoms with Gasteiger partial charge in [0.05, 0.1) is 5.92 Å². The lowest BCUT2D eigenvalue weighted by atomic mass is 9.45. The van der Waals surface area contributed by atoms with Crippen LogP contribution >= 0.6 is 0 Å². The number of hydrogen-bond donors (Lipinski definition) is 0. The number of fused-ring (bicyclic) bond motifs is 3. The molecule has 0 bridgehead atoms. The minimum absolute atomic E-state index is 0.106. The van der Waals surface area contributed by atoms with E-state index in [9.17, 15) is 9.59 Å². The van der Waals surface area contributed by atoms with Crippen molar-refractivity contribution >= 4 is 11.6 Å². The molecule has 0 amide bonds. The third-order valence-corrected chi connectivity index (χ3v) is 8.42. The molecule has 24 heavy (non-hydrogen) atoms. The molecule has 6 atom stereocenters. The highest BCUT2D eigenvalue weighted by molar-refractivity contribution is 6.14. The summed E-state index contributed by atoms with van der Waals surface area (Å²) in [6, 6.07) is 0. The van der Waals surface area contributed by atoms with Crippen molar-refractivity contribution in [1.82, 2.24) is 0 Å². The Morgan fingerprint density at radius 3 is 2.42 bits per heavy atom. The number of Topliss-reactive ketones (excluding diaryl/α,β-unsaturated/α-hetero) is 2. The van der Waals surface area contributed by atoms with E-state index in [4.69, 9.17) is 0 Å². The van der Waals surface area contributed by atoms with Crippen LogP contribution in [0.25, 0.3) is 0 Å². The van der Waals surface area contributed by atoms with Crippen molar-refractivity contribution < 1.29 is 9.59 Å². The van der Waals surface area contributed by atoms with Gasteiger partial charge in [-0.05, 0) is 72.7 Å². The van der Waals surface area contributed by atoms with E-state index in [1.54, 1.807) is 0 Å². The van der Waals surface area contributed by atoms with Crippen LogP contribution in [0.15, 0.2) is 12.2 Å². The van der Waals surface area contributed by atoms with Gasteiger partial charge in [-0.15, -0.1) is 0 Å². The van der Waals surface area contributed by atoms with Crippen molar-refractivity contribution in [3.63, 3.8) is 0 Å². The molecule has 0 radical (unpaired) electrons. The van der Waals surface area contributed by atoms with Crippen LogP contribution in [0, 0.1) is 46.3 Å². The van der Waals surface area contributed by atoms with Crippen LogP contribution in [0.2, 0.25) is 0 Å². The Morgan fingerprint density at radius 1 is 1.17 bits per heavy atom. The van der Waals surface area contributed by atoms with Gasteiger partial charge in [-0.3, -0.25) is 9.59 Å². The summed E-state index contributed by atoms with van der Waals surface area (Å²) in [6.07, 6.45) is 6.58. The molecular weight excluding hydrogens is 296 g/mol. The van der Waals surface area contributed by atoms with Crippen molar-refractivity contribution in [2.24, 2.45) is 46.3 Å². The number of rotatable bonds is 1. The molecule has 2 nitrogen and oxygen atoms in total. The van der Waals surface area contributed by atoms with Crippen LogP contribution < -0.4 is 0 Å². The highest BCUT2D eigenvalue weighted by Crippen LogP contribution is 2.66. The first kappa shape index (κ1) is 16.5. The number of allylic oxidation sites excluding steroid dienone is 1. The topological polar surface area (TPSA) is 34.1 Å². The van der Waals surface area contributed by atoms with Gasteiger partial charge in [0.25, 0.3) is 0 Å². The Labute approximate surface area is 146 Å². The zero-order chi connectivity index (χ0) is 17.4. The van der Waals surface area contributed by atoms with Crippen LogP contribution in [0.5, 0.6) is 0 Å². The molecular formula is C22H32O2. The maximum absolute atomic E-state index is 13.3. The molecule has 0 aromatic rings. The molecule has 0 saturated heterocycles. The van der Waals surface area contributed by atoms with Crippen LogP contribution in [0.4, 0.5) is 0 Å². The average molecular weight is 328 g/mol. The minimum Gasteiger partial charge on any atom is -0.298 e. The SMILES string of the molecule is C=C1C(=O)C2C(=O)C3(CC3)[C@@H](CC)CC2C2C1C(C)(C)CC[C@@H]2C. The molecule has 132 valence electrons. The first-order valence-electron chi connectivity index (χ1n) is 10.0. The zero-order valence-corrected chi connectivity index (χ0v) is 15.7. The summed E-state index contributed by atoms with van der Waals surface area (Å²) < 4.78 is 0. The molecule has 4 rings (SSSR count). The van der Waals surface area contributed by atoms with Gasteiger partial charge in [-0.25, -0.2) is 0 Å². The number of hydrogen-bond acceptors (Lipinski definition) is 2. The Kier molecular flexibility index (Phi) is 3.48. The van der Waals surface area contributed by atoms with E-state index in [1.165, 1.54) is 6.42 Å². The fourth-order valence-corrected chi connectivity index (χ4v) is 6.96. The molecule has 4 saturated carbocycles. The van der Waals surface area contributed by atoms with Crippen LogP contribution in [-0.4, -0.2) is 11.6 Å². The Morgan fingerprint density at radius 2 is 1.83 bits per heavy atom. The number of carbonyl (C=O) groups excluding carboxylic acids is 2. The summed E-state index contributed by atoms with van der Waals surface area (Å²) in [5.74, 6) is 2.15.